The Hall–Kier alpha value is -1.07. The van der Waals surface area contributed by atoms with Gasteiger partial charge >= 0.3 is 19.8 Å². The molecule has 0 aromatic heterocycles. The summed E-state index contributed by atoms with van der Waals surface area (Å²) in [6.07, 6.45) is 15.6. The highest BCUT2D eigenvalue weighted by Gasteiger charge is 2.23. The van der Waals surface area contributed by atoms with E-state index >= 15 is 0 Å². The first-order chi connectivity index (χ1) is 18.3. The molecule has 0 saturated carbocycles. The SMILES string of the molecule is NCCOP(=O)(O)OCC(COCCCCCCCCCCCCCCCC(=O)O)OCCCCC(=O)O. The molecule has 0 spiro atoms. The Morgan fingerprint density at radius 2 is 1.08 bits per heavy atom. The number of hydrogen-bond acceptors (Lipinski definition) is 8. The molecule has 0 aromatic carbocycles. The average Bonchev–Trinajstić information content (AvgIpc) is 2.86. The Balaban J connectivity index is 3.81. The molecule has 2 atom stereocenters. The lowest BCUT2D eigenvalue weighted by molar-refractivity contribution is -0.138. The maximum Gasteiger partial charge on any atom is 0.472 e. The van der Waals surface area contributed by atoms with Crippen LogP contribution in [0.15, 0.2) is 0 Å². The molecule has 226 valence electrons. The van der Waals surface area contributed by atoms with Gasteiger partial charge in [-0.15, -0.1) is 0 Å². The minimum absolute atomic E-state index is 0.0668. The lowest BCUT2D eigenvalue weighted by Gasteiger charge is -2.20. The molecule has 12 heteroatoms. The normalized spacial score (nSPS) is 13.8. The van der Waals surface area contributed by atoms with E-state index in [0.717, 1.165) is 38.5 Å². The summed E-state index contributed by atoms with van der Waals surface area (Å²) in [6.45, 7) is 0.891. The Kier molecular flexibility index (Phi) is 25.4. The molecule has 5 N–H and O–H groups in total. The molecule has 0 aliphatic heterocycles. The van der Waals surface area contributed by atoms with Crippen LogP contribution in [0.3, 0.4) is 0 Å². The maximum absolute atomic E-state index is 11.8. The Morgan fingerprint density at radius 1 is 0.632 bits per heavy atom. The van der Waals surface area contributed by atoms with Crippen LogP contribution in [0.25, 0.3) is 0 Å². The predicted octanol–water partition coefficient (Wildman–Crippen LogP) is 5.28. The van der Waals surface area contributed by atoms with E-state index in [0.29, 0.717) is 26.1 Å². The van der Waals surface area contributed by atoms with Gasteiger partial charge in [0.15, 0.2) is 0 Å². The number of carboxylic acids is 2. The summed E-state index contributed by atoms with van der Waals surface area (Å²) in [5, 5.41) is 17.3. The number of phosphoric ester groups is 1. The van der Waals surface area contributed by atoms with E-state index in [1.54, 1.807) is 0 Å². The number of nitrogens with two attached hydrogens (primary N) is 1. The first-order valence-electron chi connectivity index (χ1n) is 14.2. The molecule has 0 aliphatic rings. The monoisotopic (exact) mass is 569 g/mol. The highest BCUT2D eigenvalue weighted by atomic mass is 31.2. The van der Waals surface area contributed by atoms with E-state index in [2.05, 4.69) is 0 Å². The van der Waals surface area contributed by atoms with Crippen molar-refractivity contribution < 1.29 is 47.8 Å². The lowest BCUT2D eigenvalue weighted by Crippen LogP contribution is -2.26. The Bertz CT molecular complexity index is 623. The zero-order chi connectivity index (χ0) is 28.3. The molecule has 0 bridgehead atoms. The third-order valence-electron chi connectivity index (χ3n) is 5.92. The minimum Gasteiger partial charge on any atom is -0.481 e. The molecule has 11 nitrogen and oxygen atoms in total. The van der Waals surface area contributed by atoms with E-state index in [1.165, 1.54) is 44.9 Å². The summed E-state index contributed by atoms with van der Waals surface area (Å²) < 4.78 is 32.9. The number of hydrogen-bond donors (Lipinski definition) is 4. The number of unbranched alkanes of at least 4 members (excludes halogenated alkanes) is 13. The van der Waals surface area contributed by atoms with Crippen molar-refractivity contribution in [2.45, 2.75) is 115 Å². The number of carboxylic acid groups (broad SMARTS) is 2. The molecule has 0 fully saturated rings. The Labute approximate surface area is 228 Å². The summed E-state index contributed by atoms with van der Waals surface area (Å²) in [5.74, 6) is -1.56. The first kappa shape index (κ1) is 36.9. The molecule has 0 rings (SSSR count). The van der Waals surface area contributed by atoms with Gasteiger partial charge in [0.25, 0.3) is 0 Å². The second kappa shape index (κ2) is 26.2. The summed E-state index contributed by atoms with van der Waals surface area (Å²) in [4.78, 5) is 30.7. The maximum atomic E-state index is 11.8. The zero-order valence-electron chi connectivity index (χ0n) is 23.1. The second-order valence-corrected chi connectivity index (χ2v) is 11.0. The molecule has 0 amide bonds. The van der Waals surface area contributed by atoms with E-state index in [9.17, 15) is 19.0 Å². The number of rotatable bonds is 30. The van der Waals surface area contributed by atoms with Crippen LogP contribution in [0.2, 0.25) is 0 Å². The second-order valence-electron chi connectivity index (χ2n) is 9.54. The molecule has 38 heavy (non-hydrogen) atoms. The number of ether oxygens (including phenoxy) is 2. The standard InChI is InChI=1S/C26H52NO10P/c27-18-21-36-38(32,33)37-23-24(35-20-15-13-17-26(30)31)22-34-19-14-11-9-7-5-3-1-2-4-6-8-10-12-16-25(28)29/h24H,1-23,27H2,(H,28,29)(H,30,31)(H,32,33). The van der Waals surface area contributed by atoms with Gasteiger partial charge in [0, 0.05) is 32.6 Å². The molecule has 0 saturated heterocycles. The van der Waals surface area contributed by atoms with Crippen LogP contribution in [0, 0.1) is 0 Å². The van der Waals surface area contributed by atoms with E-state index < -0.39 is 25.9 Å². The van der Waals surface area contributed by atoms with Gasteiger partial charge in [0.2, 0.25) is 0 Å². The predicted molar refractivity (Wildman–Crippen MR) is 145 cm³/mol. The van der Waals surface area contributed by atoms with Gasteiger partial charge in [-0.05, 0) is 25.7 Å². The quantitative estimate of drug-likeness (QED) is 0.0654. The van der Waals surface area contributed by atoms with Crippen LogP contribution >= 0.6 is 7.82 Å². The Morgan fingerprint density at radius 3 is 1.58 bits per heavy atom. The van der Waals surface area contributed by atoms with Gasteiger partial charge in [-0.2, -0.15) is 0 Å². The smallest absolute Gasteiger partial charge is 0.472 e. The van der Waals surface area contributed by atoms with Crippen molar-refractivity contribution >= 4 is 19.8 Å². The van der Waals surface area contributed by atoms with Crippen molar-refractivity contribution in [3.05, 3.63) is 0 Å². The summed E-state index contributed by atoms with van der Waals surface area (Å²) in [5.41, 5.74) is 5.28. The number of carbonyl (C=O) groups is 2. The number of aliphatic carboxylic acids is 2. The van der Waals surface area contributed by atoms with Crippen molar-refractivity contribution in [2.24, 2.45) is 5.73 Å². The van der Waals surface area contributed by atoms with Crippen LogP contribution in [-0.2, 0) is 32.7 Å². The molecular formula is C26H52NO10P. The third kappa shape index (κ3) is 28.0. The fourth-order valence-corrected chi connectivity index (χ4v) is 4.56. The largest absolute Gasteiger partial charge is 0.481 e. The average molecular weight is 570 g/mol. The fraction of sp³-hybridized carbons (Fsp3) is 0.923. The van der Waals surface area contributed by atoms with Crippen molar-refractivity contribution in [2.75, 3.05) is 39.6 Å². The van der Waals surface area contributed by atoms with Crippen molar-refractivity contribution in [1.82, 2.24) is 0 Å². The van der Waals surface area contributed by atoms with Crippen molar-refractivity contribution in [3.8, 4) is 0 Å². The molecule has 2 unspecified atom stereocenters. The van der Waals surface area contributed by atoms with Gasteiger partial charge < -0.3 is 30.3 Å². The fourth-order valence-electron chi connectivity index (χ4n) is 3.79. The third-order valence-corrected chi connectivity index (χ3v) is 6.90. The number of phosphoric acid groups is 1. The molecule has 0 radical (unpaired) electrons. The van der Waals surface area contributed by atoms with Gasteiger partial charge in [-0.3, -0.25) is 18.6 Å². The summed E-state index contributed by atoms with van der Waals surface area (Å²) >= 11 is 0. The van der Waals surface area contributed by atoms with Crippen LogP contribution in [0.5, 0.6) is 0 Å². The van der Waals surface area contributed by atoms with E-state index in [1.807, 2.05) is 0 Å². The first-order valence-corrected chi connectivity index (χ1v) is 15.7. The van der Waals surface area contributed by atoms with Crippen LogP contribution < -0.4 is 5.73 Å². The highest BCUT2D eigenvalue weighted by molar-refractivity contribution is 7.47. The summed E-state index contributed by atoms with van der Waals surface area (Å²) in [7, 11) is -4.21. The van der Waals surface area contributed by atoms with Crippen molar-refractivity contribution in [1.29, 1.82) is 0 Å². The van der Waals surface area contributed by atoms with E-state index in [-0.39, 0.29) is 39.2 Å². The summed E-state index contributed by atoms with van der Waals surface area (Å²) in [6, 6.07) is 0. The van der Waals surface area contributed by atoms with Crippen LogP contribution in [-0.4, -0.2) is 72.7 Å². The lowest BCUT2D eigenvalue weighted by atomic mass is 10.0. The molecular weight excluding hydrogens is 517 g/mol. The topological polar surface area (TPSA) is 175 Å². The molecule has 0 aliphatic carbocycles. The van der Waals surface area contributed by atoms with Gasteiger partial charge in [-0.1, -0.05) is 70.6 Å². The van der Waals surface area contributed by atoms with E-state index in [4.69, 9.17) is 34.5 Å². The zero-order valence-corrected chi connectivity index (χ0v) is 24.0. The van der Waals surface area contributed by atoms with Crippen LogP contribution in [0.1, 0.15) is 109 Å². The minimum atomic E-state index is -4.21. The molecule has 0 heterocycles. The van der Waals surface area contributed by atoms with Gasteiger partial charge in [0.1, 0.15) is 6.10 Å². The van der Waals surface area contributed by atoms with Gasteiger partial charge in [-0.25, -0.2) is 4.57 Å². The van der Waals surface area contributed by atoms with Crippen molar-refractivity contribution in [3.63, 3.8) is 0 Å². The van der Waals surface area contributed by atoms with Gasteiger partial charge in [0.05, 0.1) is 19.8 Å². The van der Waals surface area contributed by atoms with Crippen LogP contribution in [0.4, 0.5) is 0 Å². The highest BCUT2D eigenvalue weighted by Crippen LogP contribution is 2.43. The molecule has 0 aromatic rings.